The predicted molar refractivity (Wildman–Crippen MR) is 95.4 cm³/mol. The Morgan fingerprint density at radius 3 is 2.46 bits per heavy atom. The molecule has 0 atom stereocenters. The third-order valence-electron chi connectivity index (χ3n) is 3.74. The van der Waals surface area contributed by atoms with Crippen LogP contribution in [0, 0.1) is 10.1 Å². The van der Waals surface area contributed by atoms with E-state index in [2.05, 4.69) is 10.5 Å². The monoisotopic (exact) mass is 351 g/mol. The van der Waals surface area contributed by atoms with Gasteiger partial charge in [-0.3, -0.25) is 14.9 Å². The SMILES string of the molecule is O=C(N/N=C/c1ccc(O)c2ccccc12)c1ccc(O)c([N+](=O)[O-])c1. The van der Waals surface area contributed by atoms with Crippen LogP contribution in [-0.4, -0.2) is 27.3 Å². The van der Waals surface area contributed by atoms with Crippen LogP contribution in [-0.2, 0) is 0 Å². The molecule has 3 aromatic rings. The van der Waals surface area contributed by atoms with Crippen LogP contribution in [0.5, 0.6) is 11.5 Å². The van der Waals surface area contributed by atoms with Crippen LogP contribution >= 0.6 is 0 Å². The van der Waals surface area contributed by atoms with Crippen molar-refractivity contribution in [1.29, 1.82) is 0 Å². The van der Waals surface area contributed by atoms with Gasteiger partial charge in [-0.05, 0) is 29.7 Å². The van der Waals surface area contributed by atoms with E-state index in [9.17, 15) is 25.1 Å². The molecule has 26 heavy (non-hydrogen) atoms. The van der Waals surface area contributed by atoms with Crippen LogP contribution in [0.3, 0.4) is 0 Å². The van der Waals surface area contributed by atoms with Gasteiger partial charge < -0.3 is 10.2 Å². The third-order valence-corrected chi connectivity index (χ3v) is 3.74. The van der Waals surface area contributed by atoms with Crippen molar-refractivity contribution in [1.82, 2.24) is 5.43 Å². The Bertz CT molecular complexity index is 1050. The maximum Gasteiger partial charge on any atom is 0.311 e. The van der Waals surface area contributed by atoms with Crippen molar-refractivity contribution in [3.63, 3.8) is 0 Å². The summed E-state index contributed by atoms with van der Waals surface area (Å²) in [5.41, 5.74) is 2.38. The number of benzene rings is 3. The maximum atomic E-state index is 12.1. The fraction of sp³-hybridized carbons (Fsp3) is 0. The van der Waals surface area contributed by atoms with Crippen LogP contribution in [0.2, 0.25) is 0 Å². The predicted octanol–water partition coefficient (Wildman–Crippen LogP) is 2.92. The van der Waals surface area contributed by atoms with Crippen molar-refractivity contribution in [2.24, 2.45) is 5.10 Å². The number of phenols is 2. The maximum absolute atomic E-state index is 12.1. The van der Waals surface area contributed by atoms with Crippen LogP contribution < -0.4 is 5.43 Å². The van der Waals surface area contributed by atoms with Gasteiger partial charge in [0.2, 0.25) is 0 Å². The highest BCUT2D eigenvalue weighted by molar-refractivity contribution is 6.03. The van der Waals surface area contributed by atoms with E-state index in [-0.39, 0.29) is 11.3 Å². The number of aromatic hydroxyl groups is 2. The number of phenolic OH excluding ortho intramolecular Hbond substituents is 2. The molecule has 8 nitrogen and oxygen atoms in total. The third kappa shape index (κ3) is 3.29. The molecule has 1 amide bonds. The highest BCUT2D eigenvalue weighted by Crippen LogP contribution is 2.27. The lowest BCUT2D eigenvalue weighted by Gasteiger charge is -2.04. The summed E-state index contributed by atoms with van der Waals surface area (Å²) in [6.45, 7) is 0. The van der Waals surface area contributed by atoms with Gasteiger partial charge in [0.25, 0.3) is 5.91 Å². The van der Waals surface area contributed by atoms with Gasteiger partial charge in [-0.25, -0.2) is 5.43 Å². The lowest BCUT2D eigenvalue weighted by Crippen LogP contribution is -2.17. The van der Waals surface area contributed by atoms with Gasteiger partial charge in [-0.2, -0.15) is 5.10 Å². The Morgan fingerprint density at radius 2 is 1.73 bits per heavy atom. The number of rotatable bonds is 4. The number of hydrazone groups is 1. The van der Waals surface area contributed by atoms with Crippen molar-refractivity contribution in [3.05, 3.63) is 75.8 Å². The zero-order chi connectivity index (χ0) is 18.7. The summed E-state index contributed by atoms with van der Waals surface area (Å²) in [5, 5.41) is 35.3. The largest absolute Gasteiger partial charge is 0.507 e. The molecule has 0 heterocycles. The van der Waals surface area contributed by atoms with Gasteiger partial charge in [0.05, 0.1) is 11.1 Å². The van der Waals surface area contributed by atoms with E-state index in [0.29, 0.717) is 10.9 Å². The van der Waals surface area contributed by atoms with E-state index < -0.39 is 22.3 Å². The van der Waals surface area contributed by atoms with Gasteiger partial charge in [0, 0.05) is 22.6 Å². The number of amides is 1. The molecule has 130 valence electrons. The molecule has 8 heteroatoms. The summed E-state index contributed by atoms with van der Waals surface area (Å²) in [6.07, 6.45) is 1.41. The van der Waals surface area contributed by atoms with Crippen LogP contribution in [0.4, 0.5) is 5.69 Å². The van der Waals surface area contributed by atoms with Crippen molar-refractivity contribution >= 4 is 28.6 Å². The molecule has 0 aliphatic heterocycles. The number of carbonyl (C=O) groups excluding carboxylic acids is 1. The molecule has 0 spiro atoms. The number of fused-ring (bicyclic) bond motifs is 1. The summed E-state index contributed by atoms with van der Waals surface area (Å²) in [6, 6.07) is 13.6. The first-order chi connectivity index (χ1) is 12.5. The van der Waals surface area contributed by atoms with E-state index in [1.165, 1.54) is 18.3 Å². The minimum absolute atomic E-state index is 0.0118. The number of nitrogens with one attached hydrogen (secondary N) is 1. The molecule has 0 fully saturated rings. The van der Waals surface area contributed by atoms with Crippen molar-refractivity contribution in [3.8, 4) is 11.5 Å². The summed E-state index contributed by atoms with van der Waals surface area (Å²) in [7, 11) is 0. The zero-order valence-electron chi connectivity index (χ0n) is 13.3. The molecule has 0 bridgehead atoms. The first-order valence-corrected chi connectivity index (χ1v) is 7.49. The Morgan fingerprint density at radius 1 is 1.04 bits per heavy atom. The average Bonchev–Trinajstić information content (AvgIpc) is 2.64. The van der Waals surface area contributed by atoms with Gasteiger partial charge in [-0.1, -0.05) is 24.3 Å². The van der Waals surface area contributed by atoms with Gasteiger partial charge >= 0.3 is 5.69 Å². The minimum atomic E-state index is -0.780. The molecule has 0 unspecified atom stereocenters. The zero-order valence-corrected chi connectivity index (χ0v) is 13.3. The molecular formula is C18H13N3O5. The molecule has 0 saturated carbocycles. The van der Waals surface area contributed by atoms with E-state index >= 15 is 0 Å². The van der Waals surface area contributed by atoms with E-state index in [0.717, 1.165) is 17.5 Å². The number of carbonyl (C=O) groups is 1. The smallest absolute Gasteiger partial charge is 0.311 e. The second-order valence-corrected chi connectivity index (χ2v) is 5.38. The Balaban J connectivity index is 1.81. The minimum Gasteiger partial charge on any atom is -0.507 e. The average molecular weight is 351 g/mol. The lowest BCUT2D eigenvalue weighted by atomic mass is 10.0. The molecule has 0 aromatic heterocycles. The number of nitro groups is 1. The number of hydrogen-bond acceptors (Lipinski definition) is 6. The topological polar surface area (TPSA) is 125 Å². The van der Waals surface area contributed by atoms with Gasteiger partial charge in [0.15, 0.2) is 5.75 Å². The van der Waals surface area contributed by atoms with Crippen LogP contribution in [0.25, 0.3) is 10.8 Å². The highest BCUT2D eigenvalue weighted by Gasteiger charge is 2.16. The molecule has 0 aliphatic rings. The second-order valence-electron chi connectivity index (χ2n) is 5.38. The summed E-state index contributed by atoms with van der Waals surface area (Å²) in [5.74, 6) is -1.05. The first-order valence-electron chi connectivity index (χ1n) is 7.49. The molecule has 3 N–H and O–H groups in total. The second kappa shape index (κ2) is 6.89. The molecule has 3 rings (SSSR count). The van der Waals surface area contributed by atoms with E-state index in [4.69, 9.17) is 0 Å². The fourth-order valence-electron chi connectivity index (χ4n) is 2.45. The standard InChI is InChI=1S/C18H13N3O5/c22-16-7-6-12(13-3-1-2-4-14(13)16)10-19-20-18(24)11-5-8-17(23)15(9-11)21(25)26/h1-10,22-23H,(H,20,24)/b19-10+. The molecule has 3 aromatic carbocycles. The summed E-state index contributed by atoms with van der Waals surface area (Å²) >= 11 is 0. The Hall–Kier alpha value is -3.94. The van der Waals surface area contributed by atoms with Crippen molar-refractivity contribution < 1.29 is 19.9 Å². The van der Waals surface area contributed by atoms with E-state index in [1.807, 2.05) is 12.1 Å². The normalized spacial score (nSPS) is 10.9. The molecule has 0 radical (unpaired) electrons. The van der Waals surface area contributed by atoms with Crippen molar-refractivity contribution in [2.75, 3.05) is 0 Å². The quantitative estimate of drug-likeness (QED) is 0.378. The van der Waals surface area contributed by atoms with E-state index in [1.54, 1.807) is 18.2 Å². The highest BCUT2D eigenvalue weighted by atomic mass is 16.6. The molecule has 0 aliphatic carbocycles. The Labute approximate surface area is 147 Å². The van der Waals surface area contributed by atoms with Crippen LogP contribution in [0.15, 0.2) is 59.7 Å². The van der Waals surface area contributed by atoms with Gasteiger partial charge in [-0.15, -0.1) is 0 Å². The van der Waals surface area contributed by atoms with Crippen molar-refractivity contribution in [2.45, 2.75) is 0 Å². The summed E-state index contributed by atoms with van der Waals surface area (Å²) in [4.78, 5) is 22.1. The number of hydrogen-bond donors (Lipinski definition) is 3. The lowest BCUT2D eigenvalue weighted by molar-refractivity contribution is -0.385. The number of nitrogens with zero attached hydrogens (tertiary/aromatic N) is 2. The summed E-state index contributed by atoms with van der Waals surface area (Å²) < 4.78 is 0. The first kappa shape index (κ1) is 16.9. The number of nitro benzene ring substituents is 1. The van der Waals surface area contributed by atoms with Gasteiger partial charge in [0.1, 0.15) is 5.75 Å². The molecular weight excluding hydrogens is 338 g/mol. The Kier molecular flexibility index (Phi) is 4.48. The van der Waals surface area contributed by atoms with Crippen LogP contribution in [0.1, 0.15) is 15.9 Å². The fourth-order valence-corrected chi connectivity index (χ4v) is 2.45. The molecule has 0 saturated heterocycles.